The molecule has 0 unspecified atom stereocenters. The summed E-state index contributed by atoms with van der Waals surface area (Å²) in [4.78, 5) is 29.0. The fraction of sp³-hybridized carbons (Fsp3) is 0.571. The van der Waals surface area contributed by atoms with Crippen LogP contribution >= 0.6 is 0 Å². The van der Waals surface area contributed by atoms with Gasteiger partial charge in [-0.3, -0.25) is 19.8 Å². The summed E-state index contributed by atoms with van der Waals surface area (Å²) in [5.74, 6) is 0.861. The Morgan fingerprint density at radius 3 is 3.07 bits per heavy atom. The van der Waals surface area contributed by atoms with Crippen molar-refractivity contribution < 1.29 is 14.5 Å². The Hall–Kier alpha value is -2.25. The van der Waals surface area contributed by atoms with E-state index >= 15 is 0 Å². The van der Waals surface area contributed by atoms with Crippen molar-refractivity contribution in [3.05, 3.63) is 45.5 Å². The summed E-state index contributed by atoms with van der Waals surface area (Å²) in [5, 5.41) is 11.5. The van der Waals surface area contributed by atoms with Gasteiger partial charge in [-0.2, -0.15) is 0 Å². The number of fused-ring (bicyclic) bond motifs is 2. The molecule has 5 heterocycles. The molecule has 3 saturated heterocycles. The van der Waals surface area contributed by atoms with Gasteiger partial charge >= 0.3 is 0 Å². The molecule has 0 N–H and O–H groups in total. The normalized spacial score (nSPS) is 42.1. The highest BCUT2D eigenvalue weighted by molar-refractivity contribution is 5.99. The van der Waals surface area contributed by atoms with E-state index in [1.54, 1.807) is 12.1 Å². The first-order chi connectivity index (χ1) is 13.6. The highest BCUT2D eigenvalue weighted by atomic mass is 16.6. The Kier molecular flexibility index (Phi) is 2.70. The summed E-state index contributed by atoms with van der Waals surface area (Å²) in [6.07, 6.45) is 4.67. The quantitative estimate of drug-likeness (QED) is 0.424. The molecule has 5 aliphatic heterocycles. The van der Waals surface area contributed by atoms with Gasteiger partial charge in [-0.1, -0.05) is 11.6 Å². The van der Waals surface area contributed by atoms with E-state index in [1.807, 2.05) is 11.0 Å². The van der Waals surface area contributed by atoms with Gasteiger partial charge in [0.05, 0.1) is 30.1 Å². The maximum absolute atomic E-state index is 13.3. The average molecular weight is 379 g/mol. The molecule has 7 nitrogen and oxygen atoms in total. The highest BCUT2D eigenvalue weighted by Gasteiger charge is 2.71. The van der Waals surface area contributed by atoms with Crippen molar-refractivity contribution in [1.29, 1.82) is 0 Å². The van der Waals surface area contributed by atoms with Gasteiger partial charge in [0.25, 0.3) is 5.69 Å². The van der Waals surface area contributed by atoms with Gasteiger partial charge in [0.2, 0.25) is 5.91 Å². The van der Waals surface area contributed by atoms with Crippen LogP contribution in [0.3, 0.4) is 0 Å². The minimum Gasteiger partial charge on any atom is -0.373 e. The first kappa shape index (κ1) is 15.6. The van der Waals surface area contributed by atoms with E-state index in [2.05, 4.69) is 11.0 Å². The molecule has 0 radical (unpaired) electrons. The summed E-state index contributed by atoms with van der Waals surface area (Å²) in [6.45, 7) is 2.57. The second-order valence-corrected chi connectivity index (χ2v) is 9.22. The first-order valence-corrected chi connectivity index (χ1v) is 10.2. The third-order valence-corrected chi connectivity index (χ3v) is 8.50. The summed E-state index contributed by atoms with van der Waals surface area (Å²) < 4.78 is 6.20. The van der Waals surface area contributed by atoms with Crippen LogP contribution in [0.2, 0.25) is 0 Å². The third kappa shape index (κ3) is 1.56. The van der Waals surface area contributed by atoms with Crippen LogP contribution in [0.1, 0.15) is 24.8 Å². The highest BCUT2D eigenvalue weighted by Crippen LogP contribution is 2.65. The molecule has 1 saturated carbocycles. The lowest BCUT2D eigenvalue weighted by Gasteiger charge is -2.58. The summed E-state index contributed by atoms with van der Waals surface area (Å²) >= 11 is 0. The van der Waals surface area contributed by atoms with Crippen molar-refractivity contribution in [1.82, 2.24) is 4.90 Å². The zero-order chi connectivity index (χ0) is 18.8. The SMILES string of the molecule is O=C1C[C@@H]2OCC=C3CN4CC[C@]56c7cc([N+](=O)[O-])ccc7N1[C@H]5[C@@H]2[C@H]3C[C@@H]46. The smallest absolute Gasteiger partial charge is 0.269 e. The van der Waals surface area contributed by atoms with Crippen LogP contribution in [0.5, 0.6) is 0 Å². The number of nitrogens with zero attached hydrogens (tertiary/aromatic N) is 3. The number of amides is 1. The average Bonchev–Trinajstić information content (AvgIpc) is 3.15. The van der Waals surface area contributed by atoms with E-state index in [0.29, 0.717) is 25.0 Å². The number of ether oxygens (including phenoxy) is 1. The Balaban J connectivity index is 1.52. The van der Waals surface area contributed by atoms with Crippen LogP contribution in [-0.2, 0) is 14.9 Å². The summed E-state index contributed by atoms with van der Waals surface area (Å²) in [7, 11) is 0. The van der Waals surface area contributed by atoms with Gasteiger partial charge in [0.1, 0.15) is 0 Å². The van der Waals surface area contributed by atoms with Crippen molar-refractivity contribution in [2.24, 2.45) is 11.8 Å². The molecule has 7 rings (SSSR count). The molecule has 2 bridgehead atoms. The van der Waals surface area contributed by atoms with Crippen LogP contribution in [0.4, 0.5) is 11.4 Å². The van der Waals surface area contributed by atoms with Crippen molar-refractivity contribution in [2.75, 3.05) is 24.6 Å². The summed E-state index contributed by atoms with van der Waals surface area (Å²) in [6, 6.07) is 5.56. The van der Waals surface area contributed by atoms with Crippen LogP contribution in [0, 0.1) is 22.0 Å². The number of nitro benzene ring substituents is 1. The molecule has 1 aromatic carbocycles. The van der Waals surface area contributed by atoms with Gasteiger partial charge in [-0.15, -0.1) is 0 Å². The first-order valence-electron chi connectivity index (χ1n) is 10.2. The maximum atomic E-state index is 13.3. The van der Waals surface area contributed by atoms with Crippen molar-refractivity contribution >= 4 is 17.3 Å². The van der Waals surface area contributed by atoms with Crippen molar-refractivity contribution in [2.45, 2.75) is 42.9 Å². The van der Waals surface area contributed by atoms with Crippen LogP contribution in [0.15, 0.2) is 29.8 Å². The zero-order valence-electron chi connectivity index (χ0n) is 15.4. The molecule has 6 atom stereocenters. The number of anilines is 1. The standard InChI is InChI=1S/C21H21N3O4/c25-18-9-16-19-13-8-17-21(4-5-22(17)10-11(13)3-6-28-16)14-7-12(24(26)27)1-2-15(14)23(18)20(19)21/h1-3,7,13,16-17,19-20H,4-6,8-10H2/t13-,16-,17+,19+,20-,21+/m0/s1. The minimum atomic E-state index is -0.312. The molecule has 28 heavy (non-hydrogen) atoms. The van der Waals surface area contributed by atoms with E-state index in [-0.39, 0.29) is 40.0 Å². The van der Waals surface area contributed by atoms with Gasteiger partial charge in [0, 0.05) is 41.7 Å². The van der Waals surface area contributed by atoms with E-state index in [9.17, 15) is 14.9 Å². The van der Waals surface area contributed by atoms with Gasteiger partial charge in [0.15, 0.2) is 0 Å². The molecule has 0 aromatic heterocycles. The topological polar surface area (TPSA) is 75.9 Å². The van der Waals surface area contributed by atoms with Crippen LogP contribution < -0.4 is 4.90 Å². The number of piperidine rings is 2. The van der Waals surface area contributed by atoms with E-state index in [0.717, 1.165) is 37.2 Å². The molecule has 1 aromatic rings. The monoisotopic (exact) mass is 379 g/mol. The molecule has 6 aliphatic rings. The number of non-ortho nitro benzene ring substituents is 1. The zero-order valence-corrected chi connectivity index (χ0v) is 15.4. The molecule has 7 heteroatoms. The Bertz CT molecular complexity index is 990. The van der Waals surface area contributed by atoms with E-state index in [4.69, 9.17) is 4.74 Å². The summed E-state index contributed by atoms with van der Waals surface area (Å²) in [5.41, 5.74) is 3.35. The molecule has 144 valence electrons. The Morgan fingerprint density at radius 1 is 1.32 bits per heavy atom. The molecule has 4 fully saturated rings. The Morgan fingerprint density at radius 2 is 2.21 bits per heavy atom. The third-order valence-electron chi connectivity index (χ3n) is 8.50. The Labute approximate surface area is 162 Å². The second kappa shape index (κ2) is 4.83. The lowest BCUT2D eigenvalue weighted by atomic mass is 9.53. The molecular weight excluding hydrogens is 358 g/mol. The van der Waals surface area contributed by atoms with E-state index < -0.39 is 0 Å². The lowest BCUT2D eigenvalue weighted by molar-refractivity contribution is -0.384. The van der Waals surface area contributed by atoms with Crippen molar-refractivity contribution in [3.63, 3.8) is 0 Å². The predicted molar refractivity (Wildman–Crippen MR) is 100 cm³/mol. The van der Waals surface area contributed by atoms with Crippen molar-refractivity contribution in [3.8, 4) is 0 Å². The van der Waals surface area contributed by atoms with Gasteiger partial charge in [-0.25, -0.2) is 0 Å². The largest absolute Gasteiger partial charge is 0.373 e. The second-order valence-electron chi connectivity index (χ2n) is 9.22. The van der Waals surface area contributed by atoms with Gasteiger partial charge < -0.3 is 9.64 Å². The number of carbonyl (C=O) groups excluding carboxylic acids is 1. The number of nitro groups is 1. The molecular formula is C21H21N3O4. The molecule has 1 spiro atoms. The van der Waals surface area contributed by atoms with Crippen LogP contribution in [-0.4, -0.2) is 53.6 Å². The number of hydrogen-bond donors (Lipinski definition) is 0. The maximum Gasteiger partial charge on any atom is 0.269 e. The number of rotatable bonds is 1. The van der Waals surface area contributed by atoms with Crippen LogP contribution in [0.25, 0.3) is 0 Å². The number of benzene rings is 1. The van der Waals surface area contributed by atoms with E-state index in [1.165, 1.54) is 5.57 Å². The van der Waals surface area contributed by atoms with Gasteiger partial charge in [-0.05, 0) is 36.9 Å². The minimum absolute atomic E-state index is 0.0400. The predicted octanol–water partition coefficient (Wildman–Crippen LogP) is 2.00. The molecule has 1 amide bonds. The number of carbonyl (C=O) groups is 1. The fourth-order valence-corrected chi connectivity index (χ4v) is 7.65. The molecule has 1 aliphatic carbocycles. The fourth-order valence-electron chi connectivity index (χ4n) is 7.65. The number of hydrogen-bond acceptors (Lipinski definition) is 5. The lowest BCUT2D eigenvalue weighted by Crippen LogP contribution is -2.69.